The number of hydrogen-bond donors (Lipinski definition) is 0. The van der Waals surface area contributed by atoms with Gasteiger partial charge in [-0.1, -0.05) is 42.0 Å². The first-order chi connectivity index (χ1) is 15.1. The minimum absolute atomic E-state index is 0. The number of aryl methyl sites for hydroxylation is 2. The fourth-order valence-electron chi connectivity index (χ4n) is 4.58. The Hall–Kier alpha value is -3.02. The predicted molar refractivity (Wildman–Crippen MR) is 140 cm³/mol. The Balaban J connectivity index is 0.00000153. The maximum Gasteiger partial charge on any atom is 0.256 e. The summed E-state index contributed by atoms with van der Waals surface area (Å²) < 4.78 is 2.16. The topological polar surface area (TPSA) is 41.4 Å². The number of hydrogen-bond acceptors (Lipinski definition) is 3. The van der Waals surface area contributed by atoms with Gasteiger partial charge in [0.2, 0.25) is 0 Å². The first-order valence-electron chi connectivity index (χ1n) is 10.7. The molecule has 0 atom stereocenters. The first kappa shape index (κ1) is 24.6. The van der Waals surface area contributed by atoms with E-state index in [2.05, 4.69) is 64.8 Å². The Morgan fingerprint density at radius 2 is 1.64 bits per heavy atom. The van der Waals surface area contributed by atoms with E-state index in [1.165, 1.54) is 0 Å². The summed E-state index contributed by atoms with van der Waals surface area (Å²) in [5.41, 5.74) is 6.22. The standard InChI is InChI=1S/C26H26N4O.2ClH/c1-19-10-11-23-22(17-19)24(25(28(23)2)20-7-4-3-5-8-20)26(31)30-15-13-29(14-16-30)21-9-6-12-27-18-21;;/h3-12,17-18H,13-16H2,1-2H3;2*1H. The van der Waals surface area contributed by atoms with E-state index in [0.717, 1.165) is 52.1 Å². The summed E-state index contributed by atoms with van der Waals surface area (Å²) in [5, 5.41) is 1.03. The van der Waals surface area contributed by atoms with Gasteiger partial charge in [-0.2, -0.15) is 0 Å². The molecule has 4 aromatic rings. The highest BCUT2D eigenvalue weighted by molar-refractivity contribution is 6.13. The number of rotatable bonds is 3. The van der Waals surface area contributed by atoms with Crippen molar-refractivity contribution in [2.45, 2.75) is 6.92 Å². The summed E-state index contributed by atoms with van der Waals surface area (Å²) in [6.07, 6.45) is 3.68. The normalized spacial score (nSPS) is 13.4. The van der Waals surface area contributed by atoms with Crippen LogP contribution >= 0.6 is 24.8 Å². The number of anilines is 1. The number of carbonyl (C=O) groups excluding carboxylic acids is 1. The van der Waals surface area contributed by atoms with Crippen molar-refractivity contribution in [3.63, 3.8) is 0 Å². The Labute approximate surface area is 206 Å². The molecular weight excluding hydrogens is 455 g/mol. The molecule has 0 unspecified atom stereocenters. The third-order valence-corrected chi connectivity index (χ3v) is 6.19. The average molecular weight is 483 g/mol. The zero-order chi connectivity index (χ0) is 21.4. The van der Waals surface area contributed by atoms with Crippen molar-refractivity contribution in [3.8, 4) is 11.3 Å². The molecule has 0 radical (unpaired) electrons. The van der Waals surface area contributed by atoms with Crippen molar-refractivity contribution in [3.05, 3.63) is 84.2 Å². The summed E-state index contributed by atoms with van der Waals surface area (Å²) in [6.45, 7) is 5.09. The third-order valence-electron chi connectivity index (χ3n) is 6.19. The van der Waals surface area contributed by atoms with E-state index < -0.39 is 0 Å². The Bertz CT molecular complexity index is 1230. The van der Waals surface area contributed by atoms with Crippen molar-refractivity contribution < 1.29 is 4.79 Å². The number of halogens is 2. The van der Waals surface area contributed by atoms with Crippen LogP contribution in [0.5, 0.6) is 0 Å². The van der Waals surface area contributed by atoms with E-state index in [9.17, 15) is 4.79 Å². The summed E-state index contributed by atoms with van der Waals surface area (Å²) in [4.78, 5) is 22.4. The van der Waals surface area contributed by atoms with Gasteiger partial charge in [-0.25, -0.2) is 0 Å². The van der Waals surface area contributed by atoms with Gasteiger partial charge in [0.05, 0.1) is 23.1 Å². The molecule has 0 N–H and O–H groups in total. The number of piperazine rings is 1. The lowest BCUT2D eigenvalue weighted by Crippen LogP contribution is -2.48. The Morgan fingerprint density at radius 1 is 0.909 bits per heavy atom. The molecule has 1 fully saturated rings. The predicted octanol–water partition coefficient (Wildman–Crippen LogP) is 5.35. The van der Waals surface area contributed by atoms with Gasteiger partial charge in [0.25, 0.3) is 5.91 Å². The number of fused-ring (bicyclic) bond motifs is 1. The van der Waals surface area contributed by atoms with Crippen LogP contribution < -0.4 is 4.90 Å². The molecule has 2 aromatic carbocycles. The lowest BCUT2D eigenvalue weighted by molar-refractivity contribution is 0.0749. The van der Waals surface area contributed by atoms with Crippen LogP contribution in [0.3, 0.4) is 0 Å². The lowest BCUT2D eigenvalue weighted by Gasteiger charge is -2.36. The molecule has 1 amide bonds. The maximum absolute atomic E-state index is 13.9. The van der Waals surface area contributed by atoms with Crippen molar-refractivity contribution >= 4 is 47.3 Å². The molecule has 1 aliphatic rings. The Kier molecular flexibility index (Phi) is 7.67. The molecule has 3 heterocycles. The van der Waals surface area contributed by atoms with Crippen molar-refractivity contribution in [1.29, 1.82) is 0 Å². The van der Waals surface area contributed by atoms with E-state index in [1.807, 2.05) is 35.4 Å². The third kappa shape index (κ3) is 4.56. The first-order valence-corrected chi connectivity index (χ1v) is 10.7. The second kappa shape index (κ2) is 10.3. The zero-order valence-electron chi connectivity index (χ0n) is 18.8. The number of carbonyl (C=O) groups is 1. The van der Waals surface area contributed by atoms with Crippen molar-refractivity contribution in [1.82, 2.24) is 14.5 Å². The number of pyridine rings is 1. The molecule has 0 aliphatic carbocycles. The smallest absolute Gasteiger partial charge is 0.256 e. The zero-order valence-corrected chi connectivity index (χ0v) is 20.4. The molecule has 172 valence electrons. The molecule has 5 rings (SSSR count). The van der Waals surface area contributed by atoms with Gasteiger partial charge in [0, 0.05) is 50.3 Å². The molecule has 2 aromatic heterocycles. The molecule has 1 aliphatic heterocycles. The number of benzene rings is 2. The van der Waals surface area contributed by atoms with E-state index in [-0.39, 0.29) is 30.7 Å². The monoisotopic (exact) mass is 482 g/mol. The van der Waals surface area contributed by atoms with Crippen LogP contribution in [0.15, 0.2) is 73.1 Å². The summed E-state index contributed by atoms with van der Waals surface area (Å²) >= 11 is 0. The van der Waals surface area contributed by atoms with Crippen LogP contribution in [0.25, 0.3) is 22.2 Å². The minimum Gasteiger partial charge on any atom is -0.367 e. The van der Waals surface area contributed by atoms with E-state index >= 15 is 0 Å². The second-order valence-electron chi connectivity index (χ2n) is 8.16. The minimum atomic E-state index is 0. The highest BCUT2D eigenvalue weighted by Gasteiger charge is 2.28. The van der Waals surface area contributed by atoms with Crippen LogP contribution in [0, 0.1) is 6.92 Å². The summed E-state index contributed by atoms with van der Waals surface area (Å²) in [5.74, 6) is 0.112. The number of nitrogens with zero attached hydrogens (tertiary/aromatic N) is 4. The van der Waals surface area contributed by atoms with Gasteiger partial charge >= 0.3 is 0 Å². The van der Waals surface area contributed by atoms with E-state index in [1.54, 1.807) is 6.20 Å². The molecular formula is C26H28Cl2N4O. The quantitative estimate of drug-likeness (QED) is 0.394. The molecule has 7 heteroatoms. The van der Waals surface area contributed by atoms with E-state index in [4.69, 9.17) is 0 Å². The van der Waals surface area contributed by atoms with Gasteiger partial charge < -0.3 is 14.4 Å². The van der Waals surface area contributed by atoms with Gasteiger partial charge in [-0.3, -0.25) is 9.78 Å². The van der Waals surface area contributed by atoms with E-state index in [0.29, 0.717) is 13.1 Å². The second-order valence-corrected chi connectivity index (χ2v) is 8.16. The maximum atomic E-state index is 13.9. The number of aromatic nitrogens is 2. The fraction of sp³-hybridized carbons (Fsp3) is 0.231. The molecule has 0 spiro atoms. The van der Waals surface area contributed by atoms with Gasteiger partial charge in [0.1, 0.15) is 0 Å². The highest BCUT2D eigenvalue weighted by Crippen LogP contribution is 2.34. The van der Waals surface area contributed by atoms with Crippen LogP contribution in [-0.4, -0.2) is 46.5 Å². The van der Waals surface area contributed by atoms with Crippen molar-refractivity contribution in [2.24, 2.45) is 7.05 Å². The van der Waals surface area contributed by atoms with Gasteiger partial charge in [0.15, 0.2) is 0 Å². The van der Waals surface area contributed by atoms with Crippen LogP contribution in [0.2, 0.25) is 0 Å². The van der Waals surface area contributed by atoms with Gasteiger partial charge in [-0.15, -0.1) is 24.8 Å². The Morgan fingerprint density at radius 3 is 2.30 bits per heavy atom. The molecule has 0 saturated carbocycles. The van der Waals surface area contributed by atoms with Crippen LogP contribution in [0.1, 0.15) is 15.9 Å². The molecule has 1 saturated heterocycles. The molecule has 5 nitrogen and oxygen atoms in total. The van der Waals surface area contributed by atoms with Gasteiger partial charge in [-0.05, 0) is 36.8 Å². The summed E-state index contributed by atoms with van der Waals surface area (Å²) in [6, 6.07) is 20.6. The number of amides is 1. The molecule has 33 heavy (non-hydrogen) atoms. The largest absolute Gasteiger partial charge is 0.367 e. The fourth-order valence-corrected chi connectivity index (χ4v) is 4.58. The van der Waals surface area contributed by atoms with Crippen LogP contribution in [-0.2, 0) is 7.05 Å². The summed E-state index contributed by atoms with van der Waals surface area (Å²) in [7, 11) is 2.05. The van der Waals surface area contributed by atoms with Crippen LogP contribution in [0.4, 0.5) is 5.69 Å². The highest BCUT2D eigenvalue weighted by atomic mass is 35.5. The SMILES string of the molecule is Cc1ccc2c(c1)c(C(=O)N1CCN(c3cccnc3)CC1)c(-c1ccccc1)n2C.Cl.Cl. The molecule has 0 bridgehead atoms. The lowest BCUT2D eigenvalue weighted by atomic mass is 10.0. The average Bonchev–Trinajstić information content (AvgIpc) is 3.11. The van der Waals surface area contributed by atoms with Crippen molar-refractivity contribution in [2.75, 3.05) is 31.1 Å².